The van der Waals surface area contributed by atoms with Crippen molar-refractivity contribution in [1.82, 2.24) is 19.1 Å². The predicted octanol–water partition coefficient (Wildman–Crippen LogP) is 0.639. The molecule has 0 bridgehead atoms. The summed E-state index contributed by atoms with van der Waals surface area (Å²) in [6, 6.07) is 0. The highest BCUT2D eigenvalue weighted by atomic mass is 32.2. The molecule has 3 rings (SSSR count). The van der Waals surface area contributed by atoms with Crippen LogP contribution in [0.4, 0.5) is 0 Å². The quantitative estimate of drug-likeness (QED) is 0.760. The molecule has 22 heavy (non-hydrogen) atoms. The lowest BCUT2D eigenvalue weighted by Crippen LogP contribution is -2.38. The van der Waals surface area contributed by atoms with Crippen molar-refractivity contribution in [3.8, 4) is 0 Å². The van der Waals surface area contributed by atoms with Gasteiger partial charge >= 0.3 is 5.97 Å². The molecule has 8 nitrogen and oxygen atoms in total. The van der Waals surface area contributed by atoms with Crippen molar-refractivity contribution in [2.24, 2.45) is 0 Å². The average molecular weight is 342 g/mol. The van der Waals surface area contributed by atoms with Gasteiger partial charge in [-0.25, -0.2) is 13.2 Å². The Bertz CT molecular complexity index is 824. The maximum atomic E-state index is 12.9. The topological polar surface area (TPSA) is 94.4 Å². The van der Waals surface area contributed by atoms with Gasteiger partial charge in [0.25, 0.3) is 0 Å². The molecular weight excluding hydrogens is 328 g/mol. The largest absolute Gasteiger partial charge is 0.465 e. The summed E-state index contributed by atoms with van der Waals surface area (Å²) in [6.07, 6.45) is 1.58. The number of sulfonamides is 1. The zero-order valence-electron chi connectivity index (χ0n) is 12.0. The van der Waals surface area contributed by atoms with Crippen molar-refractivity contribution in [1.29, 1.82) is 0 Å². The van der Waals surface area contributed by atoms with Gasteiger partial charge in [-0.1, -0.05) is 0 Å². The fourth-order valence-corrected chi connectivity index (χ4v) is 5.41. The van der Waals surface area contributed by atoms with E-state index in [0.29, 0.717) is 24.5 Å². The van der Waals surface area contributed by atoms with E-state index in [9.17, 15) is 13.2 Å². The Morgan fingerprint density at radius 3 is 2.91 bits per heavy atom. The number of rotatable bonds is 3. The predicted molar refractivity (Wildman–Crippen MR) is 78.0 cm³/mol. The number of ether oxygens (including phenoxy) is 1. The highest BCUT2D eigenvalue weighted by Gasteiger charge is 2.35. The molecule has 0 radical (unpaired) electrons. The van der Waals surface area contributed by atoms with Crippen LogP contribution in [-0.4, -0.2) is 47.1 Å². The molecule has 0 spiro atoms. The van der Waals surface area contributed by atoms with Gasteiger partial charge in [-0.05, 0) is 17.9 Å². The average Bonchev–Trinajstić information content (AvgIpc) is 3.11. The van der Waals surface area contributed by atoms with Crippen molar-refractivity contribution in [2.75, 3.05) is 13.7 Å². The van der Waals surface area contributed by atoms with Gasteiger partial charge < -0.3 is 9.30 Å². The molecule has 0 saturated heterocycles. The van der Waals surface area contributed by atoms with Crippen LogP contribution < -0.4 is 0 Å². The van der Waals surface area contributed by atoms with Crippen LogP contribution in [0.5, 0.6) is 0 Å². The molecule has 0 aromatic carbocycles. The number of hydrogen-bond acceptors (Lipinski definition) is 7. The van der Waals surface area contributed by atoms with Gasteiger partial charge in [0, 0.05) is 13.1 Å². The summed E-state index contributed by atoms with van der Waals surface area (Å²) in [7, 11) is -2.56. The molecular formula is C12H14N4O4S2. The Kier molecular flexibility index (Phi) is 3.75. The van der Waals surface area contributed by atoms with E-state index in [-0.39, 0.29) is 16.3 Å². The molecule has 1 aliphatic heterocycles. The molecule has 0 fully saturated rings. The van der Waals surface area contributed by atoms with Crippen LogP contribution in [0, 0.1) is 6.92 Å². The van der Waals surface area contributed by atoms with Crippen molar-refractivity contribution in [3.63, 3.8) is 0 Å². The van der Waals surface area contributed by atoms with Crippen LogP contribution in [0.2, 0.25) is 0 Å². The first kappa shape index (κ1) is 15.1. The van der Waals surface area contributed by atoms with Crippen molar-refractivity contribution >= 4 is 27.3 Å². The molecule has 2 aromatic rings. The van der Waals surface area contributed by atoms with Gasteiger partial charge in [0.2, 0.25) is 10.0 Å². The second-order valence-corrected chi connectivity index (χ2v) is 7.60. The number of esters is 1. The van der Waals surface area contributed by atoms with E-state index in [4.69, 9.17) is 0 Å². The van der Waals surface area contributed by atoms with E-state index in [2.05, 4.69) is 14.9 Å². The monoisotopic (exact) mass is 342 g/mol. The van der Waals surface area contributed by atoms with Gasteiger partial charge in [0.05, 0.1) is 13.7 Å². The molecule has 118 valence electrons. The molecule has 1 aliphatic rings. The second kappa shape index (κ2) is 5.45. The second-order valence-electron chi connectivity index (χ2n) is 4.85. The first-order valence-electron chi connectivity index (χ1n) is 6.48. The van der Waals surface area contributed by atoms with Crippen LogP contribution in [0.3, 0.4) is 0 Å². The van der Waals surface area contributed by atoms with E-state index in [1.54, 1.807) is 18.6 Å². The molecule has 0 saturated carbocycles. The third kappa shape index (κ3) is 2.32. The first-order chi connectivity index (χ1) is 10.4. The lowest BCUT2D eigenvalue weighted by atomic mass is 10.3. The van der Waals surface area contributed by atoms with Crippen molar-refractivity contribution < 1.29 is 17.9 Å². The molecule has 2 aromatic heterocycles. The smallest absolute Gasteiger partial charge is 0.349 e. The van der Waals surface area contributed by atoms with Gasteiger partial charge in [-0.3, -0.25) is 0 Å². The summed E-state index contributed by atoms with van der Waals surface area (Å²) in [4.78, 5) is 11.9. The van der Waals surface area contributed by atoms with Crippen LogP contribution in [0.15, 0.2) is 16.6 Å². The fraction of sp³-hybridized carbons (Fsp3) is 0.417. The first-order valence-corrected chi connectivity index (χ1v) is 8.80. The summed E-state index contributed by atoms with van der Waals surface area (Å²) < 4.78 is 33.6. The molecule has 10 heteroatoms. The SMILES string of the molecule is COC(=O)c1scc(C)c1S(=O)(=O)N1CCn2cnnc2C1. The maximum Gasteiger partial charge on any atom is 0.349 e. The lowest BCUT2D eigenvalue weighted by Gasteiger charge is -2.26. The Hall–Kier alpha value is -1.78. The summed E-state index contributed by atoms with van der Waals surface area (Å²) in [6.45, 7) is 2.60. The zero-order valence-corrected chi connectivity index (χ0v) is 13.6. The Labute approximate surface area is 131 Å². The molecule has 0 unspecified atom stereocenters. The summed E-state index contributed by atoms with van der Waals surface area (Å²) >= 11 is 1.07. The minimum absolute atomic E-state index is 0.0253. The van der Waals surface area contributed by atoms with E-state index in [1.807, 2.05) is 4.57 Å². The van der Waals surface area contributed by atoms with Crippen molar-refractivity contribution in [2.45, 2.75) is 24.9 Å². The van der Waals surface area contributed by atoms with Crippen LogP contribution in [-0.2, 0) is 27.8 Å². The van der Waals surface area contributed by atoms with Crippen LogP contribution in [0.1, 0.15) is 21.1 Å². The van der Waals surface area contributed by atoms with Crippen LogP contribution in [0.25, 0.3) is 0 Å². The summed E-state index contributed by atoms with van der Waals surface area (Å²) in [5, 5.41) is 9.34. The summed E-state index contributed by atoms with van der Waals surface area (Å²) in [5.74, 6) is -0.0563. The highest BCUT2D eigenvalue weighted by molar-refractivity contribution is 7.89. The fourth-order valence-electron chi connectivity index (χ4n) is 2.37. The lowest BCUT2D eigenvalue weighted by molar-refractivity contribution is 0.0602. The van der Waals surface area contributed by atoms with Gasteiger partial charge in [-0.2, -0.15) is 4.31 Å². The summed E-state index contributed by atoms with van der Waals surface area (Å²) in [5.41, 5.74) is 0.539. The minimum Gasteiger partial charge on any atom is -0.465 e. The standard InChI is InChI=1S/C12H14N4O4S2/c1-8-6-21-10(12(17)20-2)11(8)22(18,19)16-4-3-15-7-13-14-9(15)5-16/h6-7H,3-5H2,1-2H3. The maximum absolute atomic E-state index is 12.9. The van der Waals surface area contributed by atoms with Crippen LogP contribution >= 0.6 is 11.3 Å². The molecule has 0 N–H and O–H groups in total. The van der Waals surface area contributed by atoms with Gasteiger partial charge in [0.15, 0.2) is 0 Å². The number of carbonyl (C=O) groups excluding carboxylic acids is 1. The van der Waals surface area contributed by atoms with Crippen molar-refractivity contribution in [3.05, 3.63) is 28.0 Å². The number of aryl methyl sites for hydroxylation is 1. The number of aromatic nitrogens is 3. The van der Waals surface area contributed by atoms with E-state index in [1.165, 1.54) is 11.4 Å². The number of thiophene rings is 1. The molecule has 0 atom stereocenters. The Balaban J connectivity index is 2.01. The van der Waals surface area contributed by atoms with E-state index < -0.39 is 16.0 Å². The molecule has 3 heterocycles. The minimum atomic E-state index is -3.79. The normalized spacial score (nSPS) is 15.5. The van der Waals surface area contributed by atoms with E-state index in [0.717, 1.165) is 11.3 Å². The molecule has 0 amide bonds. The number of methoxy groups -OCH3 is 1. The van der Waals surface area contributed by atoms with E-state index >= 15 is 0 Å². The molecule has 0 aliphatic carbocycles. The highest BCUT2D eigenvalue weighted by Crippen LogP contribution is 2.31. The number of nitrogens with zero attached hydrogens (tertiary/aromatic N) is 4. The zero-order chi connectivity index (χ0) is 15.9. The number of hydrogen-bond donors (Lipinski definition) is 0. The van der Waals surface area contributed by atoms with Gasteiger partial charge in [-0.15, -0.1) is 21.5 Å². The third-order valence-electron chi connectivity index (χ3n) is 3.49. The third-order valence-corrected chi connectivity index (χ3v) is 6.73. The number of carbonyl (C=O) groups is 1. The van der Waals surface area contributed by atoms with Gasteiger partial charge in [0.1, 0.15) is 21.9 Å². The Morgan fingerprint density at radius 2 is 2.18 bits per heavy atom. The number of fused-ring (bicyclic) bond motifs is 1. The Morgan fingerprint density at radius 1 is 1.41 bits per heavy atom.